The number of aromatic amines is 1. The molecule has 0 amide bonds. The molecule has 0 saturated heterocycles. The molecule has 0 aliphatic carbocycles. The van der Waals surface area contributed by atoms with Crippen LogP contribution in [-0.2, 0) is 11.2 Å². The number of H-pyrrole nitrogens is 1. The van der Waals surface area contributed by atoms with Crippen molar-refractivity contribution in [2.24, 2.45) is 0 Å². The summed E-state index contributed by atoms with van der Waals surface area (Å²) in [6.07, 6.45) is 4.18. The van der Waals surface area contributed by atoms with E-state index in [4.69, 9.17) is 0 Å². The third-order valence-electron chi connectivity index (χ3n) is 4.83. The van der Waals surface area contributed by atoms with Crippen molar-refractivity contribution in [3.63, 3.8) is 0 Å². The molecule has 1 unspecified atom stereocenters. The van der Waals surface area contributed by atoms with Crippen LogP contribution in [-0.4, -0.2) is 31.8 Å². The fourth-order valence-electron chi connectivity index (χ4n) is 3.30. The highest BCUT2D eigenvalue weighted by molar-refractivity contribution is 5.69. The van der Waals surface area contributed by atoms with Crippen molar-refractivity contribution in [3.8, 4) is 5.69 Å². The van der Waals surface area contributed by atoms with Crippen molar-refractivity contribution < 1.29 is 4.79 Å². The number of benzene rings is 2. The van der Waals surface area contributed by atoms with Gasteiger partial charge in [0.25, 0.3) is 5.56 Å². The molecule has 2 N–H and O–H groups in total. The van der Waals surface area contributed by atoms with Gasteiger partial charge in [-0.15, -0.1) is 0 Å². The quantitative estimate of drug-likeness (QED) is 0.448. The Kier molecular flexibility index (Phi) is 5.53. The first-order chi connectivity index (χ1) is 15.1. The Morgan fingerprint density at radius 1 is 1.06 bits per heavy atom. The van der Waals surface area contributed by atoms with Crippen molar-refractivity contribution in [1.82, 2.24) is 24.8 Å². The van der Waals surface area contributed by atoms with E-state index in [1.165, 1.54) is 12.4 Å². The summed E-state index contributed by atoms with van der Waals surface area (Å²) in [5, 5.41) is 3.12. The number of nitrogens with zero attached hydrogens (tertiary/aromatic N) is 3. The van der Waals surface area contributed by atoms with E-state index in [1.807, 2.05) is 30.3 Å². The lowest BCUT2D eigenvalue weighted by atomic mass is 10.1. The third-order valence-corrected chi connectivity index (χ3v) is 4.83. The second kappa shape index (κ2) is 8.58. The molecular formula is C23H19N5O3. The Labute approximate surface area is 176 Å². The molecule has 0 aliphatic heterocycles. The summed E-state index contributed by atoms with van der Waals surface area (Å²) in [4.78, 5) is 47.1. The highest BCUT2D eigenvalue weighted by Crippen LogP contribution is 2.14. The van der Waals surface area contributed by atoms with Crippen LogP contribution in [0, 0.1) is 0 Å². The van der Waals surface area contributed by atoms with E-state index in [2.05, 4.69) is 26.8 Å². The van der Waals surface area contributed by atoms with E-state index in [0.29, 0.717) is 17.8 Å². The first-order valence-corrected chi connectivity index (χ1v) is 9.58. The number of hydrogen-bond donors (Lipinski definition) is 2. The highest BCUT2D eigenvalue weighted by Gasteiger charge is 2.13. The minimum atomic E-state index is -0.605. The van der Waals surface area contributed by atoms with Crippen LogP contribution in [0.4, 0.5) is 0 Å². The average Bonchev–Trinajstić information content (AvgIpc) is 2.79. The number of hydrogen-bond acceptors (Lipinski definition) is 6. The molecule has 0 bridgehead atoms. The first kappa shape index (κ1) is 20.0. The highest BCUT2D eigenvalue weighted by atomic mass is 16.2. The van der Waals surface area contributed by atoms with Gasteiger partial charge in [-0.3, -0.25) is 9.78 Å². The van der Waals surface area contributed by atoms with Crippen molar-refractivity contribution in [2.75, 3.05) is 0 Å². The van der Waals surface area contributed by atoms with Crippen LogP contribution in [0.15, 0.2) is 83.2 Å². The maximum atomic E-state index is 12.7. The number of rotatable bonds is 7. The Balaban J connectivity index is 1.56. The van der Waals surface area contributed by atoms with Gasteiger partial charge in [0.15, 0.2) is 11.2 Å². The van der Waals surface area contributed by atoms with E-state index >= 15 is 0 Å². The molecule has 31 heavy (non-hydrogen) atoms. The predicted octanol–water partition coefficient (Wildman–Crippen LogP) is 1.84. The van der Waals surface area contributed by atoms with Crippen molar-refractivity contribution >= 4 is 23.1 Å². The van der Waals surface area contributed by atoms with E-state index < -0.39 is 17.3 Å². The monoisotopic (exact) mass is 413 g/mol. The van der Waals surface area contributed by atoms with Crippen LogP contribution in [0.3, 0.4) is 0 Å². The first-order valence-electron chi connectivity index (χ1n) is 9.58. The molecule has 2 heterocycles. The maximum Gasteiger partial charge on any atom is 0.334 e. The van der Waals surface area contributed by atoms with Crippen LogP contribution in [0.1, 0.15) is 11.1 Å². The maximum absolute atomic E-state index is 12.7. The van der Waals surface area contributed by atoms with Gasteiger partial charge in [0.2, 0.25) is 0 Å². The van der Waals surface area contributed by atoms with Gasteiger partial charge >= 0.3 is 5.69 Å². The number of fused-ring (bicyclic) bond motifs is 1. The van der Waals surface area contributed by atoms with Crippen LogP contribution in [0.25, 0.3) is 22.5 Å². The number of nitrogens with one attached hydrogen (secondary N) is 2. The van der Waals surface area contributed by atoms with E-state index in [1.54, 1.807) is 24.3 Å². The average molecular weight is 413 g/mol. The topological polar surface area (TPSA) is 110 Å². The summed E-state index contributed by atoms with van der Waals surface area (Å²) in [7, 11) is 0. The van der Waals surface area contributed by atoms with Gasteiger partial charge in [-0.2, -0.15) is 0 Å². The summed E-state index contributed by atoms with van der Waals surface area (Å²) in [5.74, 6) is 0. The SMILES string of the molecule is C=C(NC(C=O)Cc1ccccc1)c1ccc(-n2c(=O)[nH]c3nccnc3c2=O)cc1. The van der Waals surface area contributed by atoms with E-state index in [-0.39, 0.29) is 11.2 Å². The zero-order valence-corrected chi connectivity index (χ0v) is 16.5. The number of carbonyl (C=O) groups is 1. The largest absolute Gasteiger partial charge is 0.375 e. The third kappa shape index (κ3) is 4.18. The second-order valence-electron chi connectivity index (χ2n) is 6.93. The van der Waals surface area contributed by atoms with Gasteiger partial charge in [-0.25, -0.2) is 19.3 Å². The van der Waals surface area contributed by atoms with Crippen LogP contribution in [0.2, 0.25) is 0 Å². The fraction of sp³-hybridized carbons (Fsp3) is 0.0870. The van der Waals surface area contributed by atoms with Crippen LogP contribution in [0.5, 0.6) is 0 Å². The van der Waals surface area contributed by atoms with Crippen LogP contribution >= 0.6 is 0 Å². The molecule has 4 rings (SSSR count). The second-order valence-corrected chi connectivity index (χ2v) is 6.93. The van der Waals surface area contributed by atoms with Gasteiger partial charge in [0, 0.05) is 18.1 Å². The lowest BCUT2D eigenvalue weighted by molar-refractivity contribution is -0.109. The smallest absolute Gasteiger partial charge is 0.334 e. The molecule has 0 radical (unpaired) electrons. The molecule has 1 atom stereocenters. The predicted molar refractivity (Wildman–Crippen MR) is 118 cm³/mol. The van der Waals surface area contributed by atoms with Gasteiger partial charge < -0.3 is 10.1 Å². The summed E-state index contributed by atoms with van der Waals surface area (Å²) >= 11 is 0. The Morgan fingerprint density at radius 2 is 1.77 bits per heavy atom. The van der Waals surface area contributed by atoms with Gasteiger partial charge in [0.05, 0.1) is 11.7 Å². The van der Waals surface area contributed by atoms with Crippen molar-refractivity contribution in [2.45, 2.75) is 12.5 Å². The zero-order chi connectivity index (χ0) is 21.8. The minimum Gasteiger partial charge on any atom is -0.375 e. The lowest BCUT2D eigenvalue weighted by Crippen LogP contribution is -2.34. The van der Waals surface area contributed by atoms with Gasteiger partial charge in [0.1, 0.15) is 6.29 Å². The van der Waals surface area contributed by atoms with Crippen LogP contribution < -0.4 is 16.6 Å². The summed E-state index contributed by atoms with van der Waals surface area (Å²) < 4.78 is 1.00. The molecule has 4 aromatic rings. The standard InChI is InChI=1S/C23H19N5O3/c1-15(26-18(14-29)13-16-5-3-2-4-6-16)17-7-9-19(10-8-17)28-22(30)20-21(27-23(28)31)25-12-11-24-20/h2-12,14,18,26H,1,13H2,(H,25,27,31). The van der Waals surface area contributed by atoms with Gasteiger partial charge in [-0.1, -0.05) is 49.0 Å². The normalized spacial score (nSPS) is 11.7. The fourth-order valence-corrected chi connectivity index (χ4v) is 3.30. The van der Waals surface area contributed by atoms with E-state index in [9.17, 15) is 14.4 Å². The number of aromatic nitrogens is 4. The number of carbonyl (C=O) groups excluding carboxylic acids is 1. The lowest BCUT2D eigenvalue weighted by Gasteiger charge is -2.17. The number of aldehydes is 1. The molecule has 8 nitrogen and oxygen atoms in total. The zero-order valence-electron chi connectivity index (χ0n) is 16.5. The Bertz CT molecular complexity index is 1360. The molecular weight excluding hydrogens is 394 g/mol. The summed E-state index contributed by atoms with van der Waals surface area (Å²) in [5.41, 5.74) is 1.76. The molecule has 0 saturated carbocycles. The summed E-state index contributed by atoms with van der Waals surface area (Å²) in [6, 6.07) is 16.0. The molecule has 0 aliphatic rings. The minimum absolute atomic E-state index is 0.0759. The van der Waals surface area contributed by atoms with Crippen molar-refractivity contribution in [1.29, 1.82) is 0 Å². The Morgan fingerprint density at radius 3 is 2.48 bits per heavy atom. The summed E-state index contributed by atoms with van der Waals surface area (Å²) in [6.45, 7) is 4.01. The molecule has 0 fully saturated rings. The molecule has 2 aromatic heterocycles. The molecule has 154 valence electrons. The molecule has 8 heteroatoms. The molecule has 0 spiro atoms. The Hall–Kier alpha value is -4.33. The van der Waals surface area contributed by atoms with Gasteiger partial charge in [-0.05, 0) is 29.7 Å². The van der Waals surface area contributed by atoms with Crippen molar-refractivity contribution in [3.05, 3.63) is 106 Å². The van der Waals surface area contributed by atoms with E-state index in [0.717, 1.165) is 22.0 Å². The molecule has 2 aromatic carbocycles.